The summed E-state index contributed by atoms with van der Waals surface area (Å²) >= 11 is 0. The van der Waals surface area contributed by atoms with Crippen molar-refractivity contribution < 1.29 is 18.0 Å². The average molecular weight is 638 g/mol. The highest BCUT2D eigenvalue weighted by Gasteiger charge is 2.36. The Morgan fingerprint density at radius 3 is 2.07 bits per heavy atom. The normalized spacial score (nSPS) is 14.1. The number of anilines is 1. The lowest BCUT2D eigenvalue weighted by Gasteiger charge is -2.34. The molecular weight excluding hydrogens is 595 g/mol. The van der Waals surface area contributed by atoms with E-state index in [0.29, 0.717) is 12.1 Å². The van der Waals surface area contributed by atoms with Gasteiger partial charge in [0, 0.05) is 19.0 Å². The third-order valence-electron chi connectivity index (χ3n) is 8.90. The van der Waals surface area contributed by atoms with Crippen LogP contribution >= 0.6 is 0 Å². The van der Waals surface area contributed by atoms with Gasteiger partial charge in [0.2, 0.25) is 11.8 Å². The fourth-order valence-electron chi connectivity index (χ4n) is 6.05. The second-order valence-corrected chi connectivity index (χ2v) is 14.1. The van der Waals surface area contributed by atoms with Crippen LogP contribution in [0.1, 0.15) is 53.5 Å². The fraction of sp³-hybridized carbons (Fsp3) is 0.316. The highest BCUT2D eigenvalue weighted by Crippen LogP contribution is 2.29. The molecule has 1 fully saturated rings. The summed E-state index contributed by atoms with van der Waals surface area (Å²) < 4.78 is 29.7. The summed E-state index contributed by atoms with van der Waals surface area (Å²) in [6.45, 7) is 5.47. The van der Waals surface area contributed by atoms with Crippen LogP contribution in [0.3, 0.4) is 0 Å². The zero-order valence-corrected chi connectivity index (χ0v) is 27.7. The quantitative estimate of drug-likeness (QED) is 0.192. The molecule has 0 aromatic heterocycles. The molecule has 0 bridgehead atoms. The minimum absolute atomic E-state index is 0.0620. The lowest BCUT2D eigenvalue weighted by molar-refractivity contribution is -0.140. The number of sulfonamides is 1. The number of nitrogens with zero attached hydrogens (tertiary/aromatic N) is 2. The van der Waals surface area contributed by atoms with Gasteiger partial charge in [0.25, 0.3) is 10.0 Å². The number of aryl methyl sites for hydroxylation is 2. The van der Waals surface area contributed by atoms with Crippen molar-refractivity contribution in [3.05, 3.63) is 131 Å². The molecule has 0 spiro atoms. The lowest BCUT2D eigenvalue weighted by Crippen LogP contribution is -2.54. The highest BCUT2D eigenvalue weighted by molar-refractivity contribution is 7.92. The number of nitrogens with one attached hydrogen (secondary N) is 1. The Labute approximate surface area is 273 Å². The molecule has 2 amide bonds. The Morgan fingerprint density at radius 2 is 1.41 bits per heavy atom. The first-order valence-corrected chi connectivity index (χ1v) is 17.4. The maximum Gasteiger partial charge on any atom is 0.264 e. The third kappa shape index (κ3) is 7.85. The van der Waals surface area contributed by atoms with E-state index in [2.05, 4.69) is 5.32 Å². The molecule has 240 valence electrons. The largest absolute Gasteiger partial charge is 0.352 e. The van der Waals surface area contributed by atoms with Crippen LogP contribution in [0.5, 0.6) is 0 Å². The second-order valence-electron chi connectivity index (χ2n) is 12.2. The van der Waals surface area contributed by atoms with Gasteiger partial charge in [-0.3, -0.25) is 13.9 Å². The number of carbonyl (C=O) groups excluding carboxylic acids is 2. The van der Waals surface area contributed by atoms with Crippen LogP contribution in [0.25, 0.3) is 0 Å². The third-order valence-corrected chi connectivity index (χ3v) is 10.7. The number of hydrogen-bond acceptors (Lipinski definition) is 4. The predicted molar refractivity (Wildman–Crippen MR) is 183 cm³/mol. The monoisotopic (exact) mass is 637 g/mol. The Balaban J connectivity index is 1.58. The zero-order valence-electron chi connectivity index (χ0n) is 26.9. The first kappa shape index (κ1) is 32.9. The molecule has 1 aliphatic carbocycles. The maximum atomic E-state index is 14.7. The molecule has 1 atom stereocenters. The van der Waals surface area contributed by atoms with Gasteiger partial charge in [0.15, 0.2) is 0 Å². The van der Waals surface area contributed by atoms with E-state index in [4.69, 9.17) is 0 Å². The molecule has 0 heterocycles. The van der Waals surface area contributed by atoms with E-state index in [1.165, 1.54) is 16.4 Å². The maximum absolute atomic E-state index is 14.7. The summed E-state index contributed by atoms with van der Waals surface area (Å²) in [5, 5.41) is 3.22. The number of benzene rings is 4. The van der Waals surface area contributed by atoms with Crippen molar-refractivity contribution in [3.63, 3.8) is 0 Å². The number of rotatable bonds is 12. The molecule has 5 rings (SSSR count). The van der Waals surface area contributed by atoms with Gasteiger partial charge in [0.1, 0.15) is 12.6 Å². The van der Waals surface area contributed by atoms with E-state index in [0.717, 1.165) is 53.5 Å². The molecule has 1 N–H and O–H groups in total. The van der Waals surface area contributed by atoms with Crippen molar-refractivity contribution in [3.8, 4) is 0 Å². The van der Waals surface area contributed by atoms with Crippen LogP contribution in [-0.4, -0.2) is 43.8 Å². The molecule has 1 saturated carbocycles. The summed E-state index contributed by atoms with van der Waals surface area (Å²) in [5.74, 6) is -0.677. The first-order chi connectivity index (χ1) is 22.1. The van der Waals surface area contributed by atoms with Crippen LogP contribution in [0.4, 0.5) is 5.69 Å². The van der Waals surface area contributed by atoms with Crippen LogP contribution in [0.15, 0.2) is 108 Å². The minimum Gasteiger partial charge on any atom is -0.352 e. The molecule has 0 saturated heterocycles. The van der Waals surface area contributed by atoms with Gasteiger partial charge < -0.3 is 10.2 Å². The number of hydrogen-bond donors (Lipinski definition) is 1. The van der Waals surface area contributed by atoms with E-state index in [1.54, 1.807) is 35.2 Å². The first-order valence-electron chi connectivity index (χ1n) is 16.0. The molecule has 1 aliphatic rings. The van der Waals surface area contributed by atoms with E-state index >= 15 is 0 Å². The van der Waals surface area contributed by atoms with Crippen molar-refractivity contribution in [1.29, 1.82) is 0 Å². The van der Waals surface area contributed by atoms with E-state index in [1.807, 2.05) is 81.4 Å². The average Bonchev–Trinajstić information content (AvgIpc) is 3.57. The van der Waals surface area contributed by atoms with Crippen molar-refractivity contribution in [2.24, 2.45) is 0 Å². The summed E-state index contributed by atoms with van der Waals surface area (Å²) in [6, 6.07) is 30.3. The van der Waals surface area contributed by atoms with Gasteiger partial charge in [-0.1, -0.05) is 103 Å². The predicted octanol–water partition coefficient (Wildman–Crippen LogP) is 6.51. The van der Waals surface area contributed by atoms with Crippen molar-refractivity contribution in [2.45, 2.75) is 76.4 Å². The molecule has 0 aliphatic heterocycles. The molecule has 4 aromatic carbocycles. The molecule has 4 aromatic rings. The van der Waals surface area contributed by atoms with E-state index in [-0.39, 0.29) is 23.4 Å². The standard InChI is InChI=1S/C38H43N3O4S/c1-28-21-23-32(24-22-28)26-40(36(25-31-14-6-4-7-15-31)38(43)39-33-16-10-11-17-33)37(42)27-41(35-20-12-13-29(2)30(35)3)46(44,45)34-18-8-5-9-19-34/h4-9,12-15,18-24,33,36H,10-11,16-17,25-27H2,1-3H3,(H,39,43)/t36-/m1/s1. The summed E-state index contributed by atoms with van der Waals surface area (Å²) in [7, 11) is -4.14. The second kappa shape index (κ2) is 14.8. The molecule has 0 radical (unpaired) electrons. The summed E-state index contributed by atoms with van der Waals surface area (Å²) in [6.07, 6.45) is 4.23. The Kier molecular flexibility index (Phi) is 10.6. The Hall–Kier alpha value is -4.43. The minimum atomic E-state index is -4.14. The van der Waals surface area contributed by atoms with E-state index < -0.39 is 28.5 Å². The Morgan fingerprint density at radius 1 is 0.783 bits per heavy atom. The van der Waals surface area contributed by atoms with Crippen molar-refractivity contribution in [2.75, 3.05) is 10.8 Å². The van der Waals surface area contributed by atoms with Crippen LogP contribution < -0.4 is 9.62 Å². The fourth-order valence-corrected chi connectivity index (χ4v) is 7.54. The van der Waals surface area contributed by atoms with Crippen LogP contribution in [0, 0.1) is 20.8 Å². The number of carbonyl (C=O) groups is 2. The summed E-state index contributed by atoms with van der Waals surface area (Å²) in [4.78, 5) is 30.5. The highest BCUT2D eigenvalue weighted by atomic mass is 32.2. The zero-order chi connectivity index (χ0) is 32.7. The van der Waals surface area contributed by atoms with Gasteiger partial charge in [0.05, 0.1) is 10.6 Å². The molecule has 7 nitrogen and oxygen atoms in total. The smallest absolute Gasteiger partial charge is 0.264 e. The van der Waals surface area contributed by atoms with Crippen LogP contribution in [-0.2, 0) is 32.6 Å². The van der Waals surface area contributed by atoms with Gasteiger partial charge in [-0.25, -0.2) is 8.42 Å². The van der Waals surface area contributed by atoms with Gasteiger partial charge in [-0.05, 0) is 74.1 Å². The summed E-state index contributed by atoms with van der Waals surface area (Å²) in [5.41, 5.74) is 4.96. The van der Waals surface area contributed by atoms with Crippen LogP contribution in [0.2, 0.25) is 0 Å². The molecule has 8 heteroatoms. The van der Waals surface area contributed by atoms with Gasteiger partial charge >= 0.3 is 0 Å². The lowest BCUT2D eigenvalue weighted by atomic mass is 10.0. The molecule has 0 unspecified atom stereocenters. The Bertz CT molecular complexity index is 1740. The number of amides is 2. The van der Waals surface area contributed by atoms with E-state index in [9.17, 15) is 18.0 Å². The van der Waals surface area contributed by atoms with Gasteiger partial charge in [-0.2, -0.15) is 0 Å². The van der Waals surface area contributed by atoms with Crippen molar-refractivity contribution in [1.82, 2.24) is 10.2 Å². The van der Waals surface area contributed by atoms with Gasteiger partial charge in [-0.15, -0.1) is 0 Å². The topological polar surface area (TPSA) is 86.8 Å². The molecule has 46 heavy (non-hydrogen) atoms. The molecular formula is C38H43N3O4S. The SMILES string of the molecule is Cc1ccc(CN(C(=O)CN(c2cccc(C)c2C)S(=O)(=O)c2ccccc2)[C@H](Cc2ccccc2)C(=O)NC2CCCC2)cc1. The van der Waals surface area contributed by atoms with Crippen molar-refractivity contribution >= 4 is 27.5 Å².